The van der Waals surface area contributed by atoms with Gasteiger partial charge in [-0.25, -0.2) is 4.79 Å². The molecule has 0 aromatic heterocycles. The fourth-order valence-corrected chi connectivity index (χ4v) is 4.06. The van der Waals surface area contributed by atoms with Crippen molar-refractivity contribution in [3.8, 4) is 5.75 Å². The molecule has 0 spiro atoms. The Morgan fingerprint density at radius 2 is 2.04 bits per heavy atom. The van der Waals surface area contributed by atoms with Crippen LogP contribution in [0.1, 0.15) is 33.6 Å². The third kappa shape index (κ3) is 4.49. The summed E-state index contributed by atoms with van der Waals surface area (Å²) in [7, 11) is -1.75. The molecular weight excluding hydrogens is 376 g/mol. The Morgan fingerprint density at radius 1 is 1.29 bits per heavy atom. The van der Waals surface area contributed by atoms with Crippen molar-refractivity contribution in [1.82, 2.24) is 0 Å². The van der Waals surface area contributed by atoms with E-state index in [2.05, 4.69) is 39.2 Å². The summed E-state index contributed by atoms with van der Waals surface area (Å²) >= 11 is 0. The number of nitrogens with zero attached hydrogens (tertiary/aromatic N) is 1. The van der Waals surface area contributed by atoms with Crippen LogP contribution in [0.2, 0.25) is 18.1 Å². The molecule has 0 bridgehead atoms. The Morgan fingerprint density at radius 3 is 2.75 bits per heavy atom. The maximum Gasteiger partial charge on any atom is 0.414 e. The highest BCUT2D eigenvalue weighted by atomic mass is 28.4. The van der Waals surface area contributed by atoms with Crippen LogP contribution in [0.25, 0.3) is 0 Å². The van der Waals surface area contributed by atoms with Gasteiger partial charge in [0, 0.05) is 12.3 Å². The summed E-state index contributed by atoms with van der Waals surface area (Å²) in [5, 5.41) is 2.95. The molecule has 28 heavy (non-hydrogen) atoms. The minimum atomic E-state index is -1.75. The van der Waals surface area contributed by atoms with E-state index in [1.54, 1.807) is 23.1 Å². The zero-order valence-corrected chi connectivity index (χ0v) is 18.3. The zero-order valence-electron chi connectivity index (χ0n) is 17.3. The van der Waals surface area contributed by atoms with Gasteiger partial charge >= 0.3 is 6.09 Å². The smallest absolute Gasteiger partial charge is 0.414 e. The van der Waals surface area contributed by atoms with Gasteiger partial charge in [0.05, 0.1) is 12.2 Å². The number of benzene rings is 1. The number of hydrogen-bond donors (Lipinski definition) is 1. The summed E-state index contributed by atoms with van der Waals surface area (Å²) in [6, 6.07) is 5.31. The van der Waals surface area contributed by atoms with Gasteiger partial charge < -0.3 is 19.2 Å². The number of rotatable bonds is 6. The highest BCUT2D eigenvalue weighted by molar-refractivity contribution is 6.74. The van der Waals surface area contributed by atoms with Crippen LogP contribution in [0.15, 0.2) is 18.2 Å². The van der Waals surface area contributed by atoms with Gasteiger partial charge in [-0.15, -0.1) is 0 Å². The topological polar surface area (TPSA) is 77.1 Å². The average Bonchev–Trinajstić information content (AvgIpc) is 2.98. The fourth-order valence-electron chi connectivity index (χ4n) is 2.98. The Labute approximate surface area is 167 Å². The van der Waals surface area contributed by atoms with Gasteiger partial charge in [0.1, 0.15) is 11.9 Å². The van der Waals surface area contributed by atoms with Gasteiger partial charge in [-0.05, 0) is 49.2 Å². The van der Waals surface area contributed by atoms with Crippen LogP contribution in [0.3, 0.4) is 0 Å². The monoisotopic (exact) mass is 406 g/mol. The molecule has 7 nitrogen and oxygen atoms in total. The molecule has 154 valence electrons. The average molecular weight is 407 g/mol. The van der Waals surface area contributed by atoms with Crippen molar-refractivity contribution in [2.75, 3.05) is 30.0 Å². The van der Waals surface area contributed by atoms with E-state index in [1.807, 2.05) is 0 Å². The maximum absolute atomic E-state index is 12.3. The third-order valence-electron chi connectivity index (χ3n) is 5.72. The van der Waals surface area contributed by atoms with Crippen LogP contribution in [-0.4, -0.2) is 46.2 Å². The molecule has 3 rings (SSSR count). The van der Waals surface area contributed by atoms with Crippen LogP contribution < -0.4 is 15.0 Å². The van der Waals surface area contributed by atoms with Gasteiger partial charge in [0.15, 0.2) is 14.9 Å². The van der Waals surface area contributed by atoms with E-state index in [0.29, 0.717) is 30.3 Å². The summed E-state index contributed by atoms with van der Waals surface area (Å²) in [6.45, 7) is 12.3. The van der Waals surface area contributed by atoms with Crippen molar-refractivity contribution in [2.45, 2.75) is 57.8 Å². The second-order valence-electron chi connectivity index (χ2n) is 8.88. The molecule has 0 saturated carbocycles. The lowest BCUT2D eigenvalue weighted by Gasteiger charge is -2.36. The predicted molar refractivity (Wildman–Crippen MR) is 111 cm³/mol. The van der Waals surface area contributed by atoms with Gasteiger partial charge in [-0.2, -0.15) is 0 Å². The summed E-state index contributed by atoms with van der Waals surface area (Å²) < 4.78 is 17.1. The number of hydrogen-bond acceptors (Lipinski definition) is 5. The lowest BCUT2D eigenvalue weighted by Crippen LogP contribution is -2.41. The quantitative estimate of drug-likeness (QED) is 0.567. The number of carbonyl (C=O) groups is 2. The first kappa shape index (κ1) is 20.7. The van der Waals surface area contributed by atoms with Gasteiger partial charge in [-0.1, -0.05) is 20.8 Å². The lowest BCUT2D eigenvalue weighted by atomic mass is 10.2. The Balaban J connectivity index is 1.53. The molecule has 2 aliphatic rings. The molecule has 1 saturated heterocycles. The van der Waals surface area contributed by atoms with Crippen molar-refractivity contribution in [3.63, 3.8) is 0 Å². The fraction of sp³-hybridized carbons (Fsp3) is 0.600. The summed E-state index contributed by atoms with van der Waals surface area (Å²) in [6.07, 6.45) is 1.10. The Hall–Kier alpha value is -2.06. The van der Waals surface area contributed by atoms with Crippen LogP contribution in [0, 0.1) is 0 Å². The van der Waals surface area contributed by atoms with E-state index < -0.39 is 8.32 Å². The van der Waals surface area contributed by atoms with Crippen molar-refractivity contribution < 1.29 is 23.5 Å². The Bertz CT molecular complexity index is 759. The normalized spacial score (nSPS) is 19.8. The summed E-state index contributed by atoms with van der Waals surface area (Å²) in [4.78, 5) is 25.4. The van der Waals surface area contributed by atoms with Gasteiger partial charge in [0.25, 0.3) is 5.91 Å². The van der Waals surface area contributed by atoms with Gasteiger partial charge in [0.2, 0.25) is 0 Å². The predicted octanol–water partition coefficient (Wildman–Crippen LogP) is 4.14. The number of fused-ring (bicyclic) bond motifs is 1. The molecule has 1 atom stereocenters. The van der Waals surface area contributed by atoms with Crippen LogP contribution in [0.5, 0.6) is 5.75 Å². The molecule has 2 heterocycles. The highest BCUT2D eigenvalue weighted by Gasteiger charge is 2.37. The van der Waals surface area contributed by atoms with Crippen molar-refractivity contribution in [3.05, 3.63) is 18.2 Å². The molecule has 1 aromatic rings. The zero-order chi connectivity index (χ0) is 20.5. The van der Waals surface area contributed by atoms with E-state index in [9.17, 15) is 9.59 Å². The molecule has 1 N–H and O–H groups in total. The largest absolute Gasteiger partial charge is 0.482 e. The molecule has 2 aliphatic heterocycles. The molecular formula is C20H30N2O5Si. The Kier molecular flexibility index (Phi) is 5.72. The standard InChI is InChI=1S/C20H30N2O5Si/c1-20(2,3)28(4,5)26-10-6-7-15-12-22(19(24)27-15)14-8-9-17-16(11-14)21-18(23)13-25-17/h8-9,11,15H,6-7,10,12-13H2,1-5H3,(H,21,23). The molecule has 1 aromatic carbocycles. The van der Waals surface area contributed by atoms with Crippen LogP contribution in [0.4, 0.5) is 16.2 Å². The second-order valence-corrected chi connectivity index (χ2v) is 13.7. The van der Waals surface area contributed by atoms with E-state index in [0.717, 1.165) is 12.8 Å². The van der Waals surface area contributed by atoms with E-state index in [4.69, 9.17) is 13.9 Å². The number of cyclic esters (lactones) is 1. The molecule has 1 unspecified atom stereocenters. The molecule has 2 amide bonds. The number of anilines is 2. The minimum absolute atomic E-state index is 0.0110. The molecule has 0 radical (unpaired) electrons. The number of amides is 2. The van der Waals surface area contributed by atoms with Crippen molar-refractivity contribution in [2.24, 2.45) is 0 Å². The second kappa shape index (κ2) is 7.75. The minimum Gasteiger partial charge on any atom is -0.482 e. The number of ether oxygens (including phenoxy) is 2. The van der Waals surface area contributed by atoms with Gasteiger partial charge in [-0.3, -0.25) is 9.69 Å². The van der Waals surface area contributed by atoms with Crippen LogP contribution in [-0.2, 0) is 14.0 Å². The summed E-state index contributed by atoms with van der Waals surface area (Å²) in [5.41, 5.74) is 1.27. The van der Waals surface area contributed by atoms with E-state index in [1.165, 1.54) is 0 Å². The summed E-state index contributed by atoms with van der Waals surface area (Å²) in [5.74, 6) is 0.406. The van der Waals surface area contributed by atoms with E-state index in [-0.39, 0.29) is 29.7 Å². The first-order chi connectivity index (χ1) is 13.1. The molecule has 0 aliphatic carbocycles. The van der Waals surface area contributed by atoms with Crippen LogP contribution >= 0.6 is 0 Å². The lowest BCUT2D eigenvalue weighted by molar-refractivity contribution is -0.118. The maximum atomic E-state index is 12.3. The molecule has 1 fully saturated rings. The van der Waals surface area contributed by atoms with Crippen molar-refractivity contribution >= 4 is 31.7 Å². The third-order valence-corrected chi connectivity index (χ3v) is 10.3. The first-order valence-electron chi connectivity index (χ1n) is 9.76. The molecule has 8 heteroatoms. The number of carbonyl (C=O) groups excluding carboxylic acids is 2. The number of nitrogens with one attached hydrogen (secondary N) is 1. The first-order valence-corrected chi connectivity index (χ1v) is 12.7. The van der Waals surface area contributed by atoms with Crippen molar-refractivity contribution in [1.29, 1.82) is 0 Å². The van der Waals surface area contributed by atoms with E-state index >= 15 is 0 Å². The highest BCUT2D eigenvalue weighted by Crippen LogP contribution is 2.37. The SMILES string of the molecule is CC(C)(C)[Si](C)(C)OCCCC1CN(c2ccc3c(c2)NC(=O)CO3)C(=O)O1.